The van der Waals surface area contributed by atoms with E-state index in [4.69, 9.17) is 4.98 Å². The van der Waals surface area contributed by atoms with Crippen molar-refractivity contribution in [1.82, 2.24) is 24.6 Å². The maximum atomic E-state index is 13.2. The number of hydrogen-bond acceptors (Lipinski definition) is 7. The van der Waals surface area contributed by atoms with Gasteiger partial charge in [0.05, 0.1) is 6.54 Å². The van der Waals surface area contributed by atoms with Gasteiger partial charge in [-0.25, -0.2) is 9.37 Å². The fraction of sp³-hybridized carbons (Fsp3) is 0.280. The van der Waals surface area contributed by atoms with Gasteiger partial charge in [-0.3, -0.25) is 4.79 Å². The molecule has 0 bridgehead atoms. The zero-order chi connectivity index (χ0) is 23.8. The summed E-state index contributed by atoms with van der Waals surface area (Å²) in [6.45, 7) is 5.23. The molecule has 1 fully saturated rings. The van der Waals surface area contributed by atoms with Crippen LogP contribution in [-0.2, 0) is 13.1 Å². The first-order chi connectivity index (χ1) is 17.2. The van der Waals surface area contributed by atoms with Gasteiger partial charge < -0.3 is 19.3 Å². The number of hydrogen-bond donors (Lipinski definition) is 0. The van der Waals surface area contributed by atoms with Gasteiger partial charge >= 0.3 is 0 Å². The van der Waals surface area contributed by atoms with Crippen LogP contribution in [0.4, 0.5) is 15.2 Å². The number of thiazole rings is 1. The minimum Gasteiger partial charge on any atom is -0.368 e. The molecule has 0 N–H and O–H groups in total. The Labute approximate surface area is 206 Å². The monoisotopic (exact) mass is 489 g/mol. The van der Waals surface area contributed by atoms with Crippen LogP contribution in [0.5, 0.6) is 0 Å². The molecule has 0 atom stereocenters. The van der Waals surface area contributed by atoms with Crippen molar-refractivity contribution in [1.29, 1.82) is 0 Å². The number of rotatable bonds is 4. The van der Waals surface area contributed by atoms with Crippen LogP contribution in [-0.4, -0.2) is 63.3 Å². The molecule has 10 heteroatoms. The first-order valence-electron chi connectivity index (χ1n) is 11.6. The first kappa shape index (κ1) is 21.7. The summed E-state index contributed by atoms with van der Waals surface area (Å²) < 4.78 is 15.2. The Bertz CT molecular complexity index is 1330. The number of carbonyl (C=O) groups excluding carboxylic acids is 1. The van der Waals surface area contributed by atoms with E-state index in [9.17, 15) is 9.18 Å². The second-order valence-corrected chi connectivity index (χ2v) is 9.49. The van der Waals surface area contributed by atoms with E-state index in [-0.39, 0.29) is 11.7 Å². The summed E-state index contributed by atoms with van der Waals surface area (Å²) in [5.41, 5.74) is 2.54. The van der Waals surface area contributed by atoms with E-state index in [0.717, 1.165) is 48.7 Å². The molecule has 2 aromatic carbocycles. The molecule has 4 heterocycles. The Hall–Kier alpha value is -3.79. The molecule has 178 valence electrons. The Kier molecular flexibility index (Phi) is 5.65. The number of nitrogens with zero attached hydrogens (tertiary/aromatic N) is 7. The number of para-hydroxylation sites is 1. The number of fused-ring (bicyclic) bond motifs is 1. The van der Waals surface area contributed by atoms with Crippen molar-refractivity contribution in [3.8, 4) is 11.5 Å². The minimum absolute atomic E-state index is 0.133. The topological polar surface area (TPSA) is 70.4 Å². The lowest BCUT2D eigenvalue weighted by molar-refractivity contribution is 0.0708. The second kappa shape index (κ2) is 9.10. The Balaban J connectivity index is 1.13. The smallest absolute Gasteiger partial charge is 0.254 e. The molecule has 1 amide bonds. The van der Waals surface area contributed by atoms with Crippen molar-refractivity contribution in [2.45, 2.75) is 13.1 Å². The van der Waals surface area contributed by atoms with E-state index in [1.807, 2.05) is 16.0 Å². The highest BCUT2D eigenvalue weighted by Crippen LogP contribution is 2.29. The molecule has 2 aliphatic rings. The Morgan fingerprint density at radius 2 is 1.60 bits per heavy atom. The highest BCUT2D eigenvalue weighted by molar-refractivity contribution is 7.14. The number of anilines is 2. The fourth-order valence-electron chi connectivity index (χ4n) is 4.60. The highest BCUT2D eigenvalue weighted by atomic mass is 32.1. The van der Waals surface area contributed by atoms with Gasteiger partial charge in [-0.2, -0.15) is 0 Å². The van der Waals surface area contributed by atoms with Crippen LogP contribution in [0.25, 0.3) is 11.5 Å². The predicted octanol–water partition coefficient (Wildman–Crippen LogP) is 3.52. The van der Waals surface area contributed by atoms with Crippen molar-refractivity contribution in [3.63, 3.8) is 0 Å². The number of aromatic nitrogens is 4. The number of benzene rings is 2. The van der Waals surface area contributed by atoms with Crippen molar-refractivity contribution >= 4 is 28.1 Å². The number of amides is 1. The van der Waals surface area contributed by atoms with Gasteiger partial charge in [0.2, 0.25) is 0 Å². The van der Waals surface area contributed by atoms with E-state index in [2.05, 4.69) is 44.3 Å². The zero-order valence-electron chi connectivity index (χ0n) is 19.0. The molecule has 8 nitrogen and oxygen atoms in total. The Morgan fingerprint density at radius 1 is 0.857 bits per heavy atom. The zero-order valence-corrected chi connectivity index (χ0v) is 19.9. The lowest BCUT2D eigenvalue weighted by atomic mass is 10.2. The summed E-state index contributed by atoms with van der Waals surface area (Å²) in [6.07, 6.45) is 0. The fourth-order valence-corrected chi connectivity index (χ4v) is 5.46. The van der Waals surface area contributed by atoms with Gasteiger partial charge in [0.1, 0.15) is 11.5 Å². The van der Waals surface area contributed by atoms with Crippen molar-refractivity contribution < 1.29 is 9.18 Å². The average Bonchev–Trinajstić information content (AvgIpc) is 3.56. The van der Waals surface area contributed by atoms with Crippen LogP contribution in [0.1, 0.15) is 16.2 Å². The summed E-state index contributed by atoms with van der Waals surface area (Å²) in [6, 6.07) is 16.1. The molecule has 0 saturated carbocycles. The predicted molar refractivity (Wildman–Crippen MR) is 133 cm³/mol. The van der Waals surface area contributed by atoms with Crippen LogP contribution in [0.15, 0.2) is 60.0 Å². The van der Waals surface area contributed by atoms with Crippen molar-refractivity contribution in [3.05, 3.63) is 77.2 Å². The molecule has 6 rings (SSSR count). The summed E-state index contributed by atoms with van der Waals surface area (Å²) in [5.74, 6) is 0.976. The van der Waals surface area contributed by atoms with Crippen LogP contribution < -0.4 is 9.80 Å². The molecule has 0 unspecified atom stereocenters. The number of carbonyl (C=O) groups is 1. The second-order valence-electron chi connectivity index (χ2n) is 8.65. The van der Waals surface area contributed by atoms with Gasteiger partial charge in [0.15, 0.2) is 16.8 Å². The minimum atomic E-state index is -0.356. The molecule has 2 aromatic heterocycles. The molecule has 35 heavy (non-hydrogen) atoms. The summed E-state index contributed by atoms with van der Waals surface area (Å²) in [4.78, 5) is 24.1. The normalized spacial score (nSPS) is 15.9. The van der Waals surface area contributed by atoms with E-state index < -0.39 is 0 Å². The molecule has 0 radical (unpaired) electrons. The van der Waals surface area contributed by atoms with E-state index in [1.165, 1.54) is 30.0 Å². The standard InChI is InChI=1S/C25H24FN7OS/c26-19-8-6-18(7-9-19)24(34)32-14-15-33-22(16-32)28-29-23(33)21-17-35-25(27-21)31-12-10-30(11-13-31)20-4-2-1-3-5-20/h1-9,17H,10-16H2. The SMILES string of the molecule is O=C(c1ccc(F)cc1)N1CCn2c(nnc2-c2csc(N3CCN(c4ccccc4)CC3)n2)C1. The molecule has 0 aliphatic carbocycles. The van der Waals surface area contributed by atoms with Gasteiger partial charge in [-0.1, -0.05) is 18.2 Å². The highest BCUT2D eigenvalue weighted by Gasteiger charge is 2.27. The summed E-state index contributed by atoms with van der Waals surface area (Å²) in [5, 5.41) is 11.8. The third-order valence-corrected chi connectivity index (χ3v) is 7.43. The summed E-state index contributed by atoms with van der Waals surface area (Å²) in [7, 11) is 0. The average molecular weight is 490 g/mol. The van der Waals surface area contributed by atoms with Crippen LogP contribution >= 0.6 is 11.3 Å². The summed E-state index contributed by atoms with van der Waals surface area (Å²) >= 11 is 1.63. The van der Waals surface area contributed by atoms with Crippen molar-refractivity contribution in [2.75, 3.05) is 42.5 Å². The quantitative estimate of drug-likeness (QED) is 0.437. The van der Waals surface area contributed by atoms with Gasteiger partial charge in [-0.05, 0) is 36.4 Å². The molecule has 0 spiro atoms. The van der Waals surface area contributed by atoms with E-state index in [1.54, 1.807) is 16.2 Å². The lowest BCUT2D eigenvalue weighted by Gasteiger charge is -2.36. The van der Waals surface area contributed by atoms with Crippen LogP contribution in [0.3, 0.4) is 0 Å². The van der Waals surface area contributed by atoms with Gasteiger partial charge in [-0.15, -0.1) is 21.5 Å². The maximum absolute atomic E-state index is 13.2. The largest absolute Gasteiger partial charge is 0.368 e. The maximum Gasteiger partial charge on any atom is 0.254 e. The number of halogens is 1. The molecule has 1 saturated heterocycles. The Morgan fingerprint density at radius 3 is 2.37 bits per heavy atom. The van der Waals surface area contributed by atoms with Crippen LogP contribution in [0, 0.1) is 5.82 Å². The van der Waals surface area contributed by atoms with Crippen LogP contribution in [0.2, 0.25) is 0 Å². The van der Waals surface area contributed by atoms with Gasteiger partial charge in [0, 0.05) is 55.9 Å². The molecular formula is C25H24FN7OS. The van der Waals surface area contributed by atoms with Crippen molar-refractivity contribution in [2.24, 2.45) is 0 Å². The lowest BCUT2D eigenvalue weighted by Crippen LogP contribution is -2.46. The van der Waals surface area contributed by atoms with E-state index in [0.29, 0.717) is 25.2 Å². The van der Waals surface area contributed by atoms with Gasteiger partial charge in [0.25, 0.3) is 5.91 Å². The third-order valence-electron chi connectivity index (χ3n) is 6.52. The molecule has 2 aliphatic heterocycles. The third kappa shape index (κ3) is 4.25. The number of piperazine rings is 1. The molecular weight excluding hydrogens is 465 g/mol. The van der Waals surface area contributed by atoms with E-state index >= 15 is 0 Å². The first-order valence-corrected chi connectivity index (χ1v) is 12.5. The molecule has 4 aromatic rings.